The minimum Gasteiger partial charge on any atom is -0.496 e. The molecule has 2 aromatic rings. The van der Waals surface area contributed by atoms with Gasteiger partial charge < -0.3 is 24.3 Å². The summed E-state index contributed by atoms with van der Waals surface area (Å²) in [7, 11) is 4.36. The number of esters is 1. The molecule has 7 nitrogen and oxygen atoms in total. The number of rotatable bonds is 8. The van der Waals surface area contributed by atoms with E-state index in [1.807, 2.05) is 38.1 Å². The Bertz CT molecular complexity index is 847. The SMILES string of the molecule is COc1cc(OC)c(C(=O)OCC(=O)Nc2ccccc2C(C)C)cc1OC. The van der Waals surface area contributed by atoms with Gasteiger partial charge in [0.15, 0.2) is 18.1 Å². The van der Waals surface area contributed by atoms with Gasteiger partial charge in [0.25, 0.3) is 5.91 Å². The molecule has 0 saturated heterocycles. The van der Waals surface area contributed by atoms with Gasteiger partial charge in [0.1, 0.15) is 11.3 Å². The molecule has 0 fully saturated rings. The van der Waals surface area contributed by atoms with Crippen LogP contribution >= 0.6 is 0 Å². The van der Waals surface area contributed by atoms with Crippen LogP contribution in [-0.4, -0.2) is 39.8 Å². The smallest absolute Gasteiger partial charge is 0.342 e. The van der Waals surface area contributed by atoms with Crippen molar-refractivity contribution in [2.75, 3.05) is 33.3 Å². The molecule has 0 atom stereocenters. The van der Waals surface area contributed by atoms with Crippen molar-refractivity contribution in [1.82, 2.24) is 0 Å². The molecule has 150 valence electrons. The van der Waals surface area contributed by atoms with Crippen molar-refractivity contribution in [2.24, 2.45) is 0 Å². The third-order valence-corrected chi connectivity index (χ3v) is 4.12. The number of hydrogen-bond donors (Lipinski definition) is 1. The number of nitrogens with one attached hydrogen (secondary N) is 1. The van der Waals surface area contributed by atoms with Gasteiger partial charge in [-0.05, 0) is 17.5 Å². The predicted octanol–water partition coefficient (Wildman–Crippen LogP) is 3.63. The fourth-order valence-corrected chi connectivity index (χ4v) is 2.70. The minimum atomic E-state index is -0.704. The van der Waals surface area contributed by atoms with Crippen LogP contribution in [0.25, 0.3) is 0 Å². The molecule has 0 saturated carbocycles. The van der Waals surface area contributed by atoms with Crippen molar-refractivity contribution in [3.63, 3.8) is 0 Å². The van der Waals surface area contributed by atoms with Gasteiger partial charge in [0, 0.05) is 17.8 Å². The van der Waals surface area contributed by atoms with E-state index in [0.29, 0.717) is 17.2 Å². The summed E-state index contributed by atoms with van der Waals surface area (Å²) in [6, 6.07) is 10.5. The number of methoxy groups -OCH3 is 3. The van der Waals surface area contributed by atoms with E-state index < -0.39 is 18.5 Å². The highest BCUT2D eigenvalue weighted by atomic mass is 16.5. The van der Waals surface area contributed by atoms with E-state index in [2.05, 4.69) is 5.32 Å². The molecule has 0 unspecified atom stereocenters. The lowest BCUT2D eigenvalue weighted by molar-refractivity contribution is -0.119. The predicted molar refractivity (Wildman–Crippen MR) is 106 cm³/mol. The zero-order chi connectivity index (χ0) is 20.7. The molecule has 2 rings (SSSR count). The Morgan fingerprint density at radius 2 is 1.54 bits per heavy atom. The van der Waals surface area contributed by atoms with Crippen molar-refractivity contribution in [1.29, 1.82) is 0 Å². The first-order chi connectivity index (χ1) is 13.4. The van der Waals surface area contributed by atoms with Crippen molar-refractivity contribution in [3.05, 3.63) is 47.5 Å². The molecule has 0 spiro atoms. The Hall–Kier alpha value is -3.22. The molecule has 0 aliphatic carbocycles. The summed E-state index contributed by atoms with van der Waals surface area (Å²) in [5, 5.41) is 2.78. The van der Waals surface area contributed by atoms with E-state index in [-0.39, 0.29) is 17.2 Å². The van der Waals surface area contributed by atoms with E-state index in [0.717, 1.165) is 5.56 Å². The van der Waals surface area contributed by atoms with Gasteiger partial charge in [-0.2, -0.15) is 0 Å². The number of benzene rings is 2. The van der Waals surface area contributed by atoms with Gasteiger partial charge in [0.2, 0.25) is 0 Å². The lowest BCUT2D eigenvalue weighted by Crippen LogP contribution is -2.22. The first-order valence-electron chi connectivity index (χ1n) is 8.77. The van der Waals surface area contributed by atoms with Crippen LogP contribution in [0, 0.1) is 0 Å². The van der Waals surface area contributed by atoms with Crippen LogP contribution in [0.3, 0.4) is 0 Å². The number of amides is 1. The number of carbonyl (C=O) groups excluding carboxylic acids is 2. The van der Waals surface area contributed by atoms with Crippen molar-refractivity contribution < 1.29 is 28.5 Å². The largest absolute Gasteiger partial charge is 0.496 e. The third kappa shape index (κ3) is 4.94. The Morgan fingerprint density at radius 1 is 0.929 bits per heavy atom. The van der Waals surface area contributed by atoms with Gasteiger partial charge in [-0.25, -0.2) is 4.79 Å². The topological polar surface area (TPSA) is 83.1 Å². The highest BCUT2D eigenvalue weighted by Crippen LogP contribution is 2.35. The Balaban J connectivity index is 2.09. The first-order valence-corrected chi connectivity index (χ1v) is 8.77. The van der Waals surface area contributed by atoms with Crippen LogP contribution in [0.4, 0.5) is 5.69 Å². The molecule has 0 heterocycles. The fourth-order valence-electron chi connectivity index (χ4n) is 2.70. The maximum atomic E-state index is 12.4. The van der Waals surface area contributed by atoms with Gasteiger partial charge >= 0.3 is 5.97 Å². The van der Waals surface area contributed by atoms with E-state index >= 15 is 0 Å². The highest BCUT2D eigenvalue weighted by molar-refractivity contribution is 5.97. The first kappa shape index (κ1) is 21.1. The molecular weight excluding hydrogens is 362 g/mol. The van der Waals surface area contributed by atoms with Crippen LogP contribution in [0.2, 0.25) is 0 Å². The van der Waals surface area contributed by atoms with Gasteiger partial charge in [-0.3, -0.25) is 4.79 Å². The summed E-state index contributed by atoms with van der Waals surface area (Å²) in [4.78, 5) is 24.7. The quantitative estimate of drug-likeness (QED) is 0.697. The normalized spacial score (nSPS) is 10.4. The zero-order valence-electron chi connectivity index (χ0n) is 16.7. The molecule has 1 N–H and O–H groups in total. The highest BCUT2D eigenvalue weighted by Gasteiger charge is 2.20. The summed E-state index contributed by atoms with van der Waals surface area (Å²) in [5.74, 6) is 0.138. The van der Waals surface area contributed by atoms with Crippen LogP contribution < -0.4 is 19.5 Å². The second-order valence-electron chi connectivity index (χ2n) is 6.27. The van der Waals surface area contributed by atoms with Crippen LogP contribution in [0.1, 0.15) is 35.7 Å². The van der Waals surface area contributed by atoms with Crippen molar-refractivity contribution >= 4 is 17.6 Å². The summed E-state index contributed by atoms with van der Waals surface area (Å²) < 4.78 is 20.8. The number of carbonyl (C=O) groups is 2. The van der Waals surface area contributed by atoms with Crippen molar-refractivity contribution in [2.45, 2.75) is 19.8 Å². The molecular formula is C21H25NO6. The maximum Gasteiger partial charge on any atom is 0.342 e. The minimum absolute atomic E-state index is 0.135. The molecule has 0 bridgehead atoms. The monoisotopic (exact) mass is 387 g/mol. The zero-order valence-corrected chi connectivity index (χ0v) is 16.7. The molecule has 2 aromatic carbocycles. The number of hydrogen-bond acceptors (Lipinski definition) is 6. The van der Waals surface area contributed by atoms with Gasteiger partial charge in [-0.1, -0.05) is 32.0 Å². The second-order valence-corrected chi connectivity index (χ2v) is 6.27. The average molecular weight is 387 g/mol. The fraction of sp³-hybridized carbons (Fsp3) is 0.333. The number of para-hydroxylation sites is 1. The summed E-state index contributed by atoms with van der Waals surface area (Å²) in [6.07, 6.45) is 0. The van der Waals surface area contributed by atoms with Crippen molar-refractivity contribution in [3.8, 4) is 17.2 Å². The summed E-state index contributed by atoms with van der Waals surface area (Å²) >= 11 is 0. The van der Waals surface area contributed by atoms with Crippen LogP contribution in [0.15, 0.2) is 36.4 Å². The second kappa shape index (κ2) is 9.64. The Morgan fingerprint density at radius 3 is 2.14 bits per heavy atom. The van der Waals surface area contributed by atoms with E-state index in [9.17, 15) is 9.59 Å². The van der Waals surface area contributed by atoms with E-state index in [1.54, 1.807) is 0 Å². The molecule has 7 heteroatoms. The molecule has 0 aromatic heterocycles. The average Bonchev–Trinajstić information content (AvgIpc) is 2.71. The number of ether oxygens (including phenoxy) is 4. The van der Waals surface area contributed by atoms with Crippen LogP contribution in [-0.2, 0) is 9.53 Å². The molecule has 0 aliphatic rings. The molecule has 0 aliphatic heterocycles. The standard InChI is InChI=1S/C21H25NO6/c1-13(2)14-8-6-7-9-16(14)22-20(23)12-28-21(24)15-10-18(26-4)19(27-5)11-17(15)25-3/h6-11,13H,12H2,1-5H3,(H,22,23). The van der Waals surface area contributed by atoms with Gasteiger partial charge in [-0.15, -0.1) is 0 Å². The molecule has 28 heavy (non-hydrogen) atoms. The van der Waals surface area contributed by atoms with Gasteiger partial charge in [0.05, 0.1) is 21.3 Å². The lowest BCUT2D eigenvalue weighted by atomic mass is 10.0. The molecule has 0 radical (unpaired) electrons. The number of anilines is 1. The Labute approximate surface area is 164 Å². The third-order valence-electron chi connectivity index (χ3n) is 4.12. The molecule has 1 amide bonds. The Kier molecular flexibility index (Phi) is 7.26. The summed E-state index contributed by atoms with van der Waals surface area (Å²) in [5.41, 5.74) is 1.83. The van der Waals surface area contributed by atoms with E-state index in [4.69, 9.17) is 18.9 Å². The van der Waals surface area contributed by atoms with Crippen LogP contribution in [0.5, 0.6) is 17.2 Å². The summed E-state index contributed by atoms with van der Waals surface area (Å²) in [6.45, 7) is 3.64. The maximum absolute atomic E-state index is 12.4. The lowest BCUT2D eigenvalue weighted by Gasteiger charge is -2.15. The van der Waals surface area contributed by atoms with E-state index in [1.165, 1.54) is 33.5 Å².